The van der Waals surface area contributed by atoms with Crippen molar-refractivity contribution in [1.82, 2.24) is 4.90 Å². The summed E-state index contributed by atoms with van der Waals surface area (Å²) in [4.78, 5) is 15.4. The third-order valence-corrected chi connectivity index (χ3v) is 7.48. The van der Waals surface area contributed by atoms with Gasteiger partial charge in [0.25, 0.3) is 15.9 Å². The average Bonchev–Trinajstić information content (AvgIpc) is 3.13. The predicted molar refractivity (Wildman–Crippen MR) is 118 cm³/mol. The SMILES string of the molecule is CCN(c1ccccc1)S(=O)(=O)c1cccc(C(=O)N(C)Cc2ccc(Cl)s2)c1. The number of carbonyl (C=O) groups excluding carboxylic acids is 1. The summed E-state index contributed by atoms with van der Waals surface area (Å²) in [6, 6.07) is 18.7. The van der Waals surface area contributed by atoms with Gasteiger partial charge in [-0.25, -0.2) is 8.42 Å². The van der Waals surface area contributed by atoms with E-state index in [0.29, 0.717) is 22.1 Å². The van der Waals surface area contributed by atoms with Gasteiger partial charge in [-0.3, -0.25) is 9.10 Å². The van der Waals surface area contributed by atoms with Crippen molar-refractivity contribution in [3.05, 3.63) is 81.5 Å². The van der Waals surface area contributed by atoms with Crippen LogP contribution in [0.25, 0.3) is 0 Å². The molecule has 0 saturated heterocycles. The maximum absolute atomic E-state index is 13.2. The first-order valence-electron chi connectivity index (χ1n) is 9.00. The largest absolute Gasteiger partial charge is 0.337 e. The van der Waals surface area contributed by atoms with Crippen LogP contribution < -0.4 is 4.31 Å². The molecule has 0 saturated carbocycles. The topological polar surface area (TPSA) is 57.7 Å². The maximum Gasteiger partial charge on any atom is 0.264 e. The van der Waals surface area contributed by atoms with Crippen molar-refractivity contribution < 1.29 is 13.2 Å². The predicted octanol–water partition coefficient (Wildman–Crippen LogP) is 4.89. The number of rotatable bonds is 7. The Labute approximate surface area is 180 Å². The van der Waals surface area contributed by atoms with Gasteiger partial charge in [-0.2, -0.15) is 0 Å². The highest BCUT2D eigenvalue weighted by Crippen LogP contribution is 2.25. The van der Waals surface area contributed by atoms with Gasteiger partial charge in [0.15, 0.2) is 0 Å². The van der Waals surface area contributed by atoms with E-state index in [2.05, 4.69) is 0 Å². The number of nitrogens with zero attached hydrogens (tertiary/aromatic N) is 2. The van der Waals surface area contributed by atoms with E-state index in [9.17, 15) is 13.2 Å². The van der Waals surface area contributed by atoms with Crippen molar-refractivity contribution in [1.29, 1.82) is 0 Å². The van der Waals surface area contributed by atoms with Gasteiger partial charge in [0, 0.05) is 24.0 Å². The fourth-order valence-corrected chi connectivity index (χ4v) is 5.63. The molecule has 0 unspecified atom stereocenters. The lowest BCUT2D eigenvalue weighted by Gasteiger charge is -2.23. The summed E-state index contributed by atoms with van der Waals surface area (Å²) in [5.74, 6) is -0.255. The maximum atomic E-state index is 13.2. The first-order chi connectivity index (χ1) is 13.8. The zero-order valence-electron chi connectivity index (χ0n) is 16.1. The monoisotopic (exact) mass is 448 g/mol. The van der Waals surface area contributed by atoms with Gasteiger partial charge in [0.1, 0.15) is 0 Å². The molecule has 5 nitrogen and oxygen atoms in total. The fraction of sp³-hybridized carbons (Fsp3) is 0.190. The highest BCUT2D eigenvalue weighted by Gasteiger charge is 2.25. The van der Waals surface area contributed by atoms with Gasteiger partial charge in [-0.05, 0) is 49.4 Å². The summed E-state index contributed by atoms with van der Waals surface area (Å²) in [5.41, 5.74) is 0.902. The van der Waals surface area contributed by atoms with Crippen LogP contribution in [0.5, 0.6) is 0 Å². The van der Waals surface area contributed by atoms with Crippen molar-refractivity contribution in [2.45, 2.75) is 18.4 Å². The van der Waals surface area contributed by atoms with Crippen LogP contribution in [0, 0.1) is 0 Å². The molecule has 0 spiro atoms. The number of hydrogen-bond acceptors (Lipinski definition) is 4. The molecule has 3 aromatic rings. The van der Waals surface area contributed by atoms with Crippen molar-refractivity contribution in [2.24, 2.45) is 0 Å². The van der Waals surface area contributed by atoms with Crippen molar-refractivity contribution in [3.8, 4) is 0 Å². The number of para-hydroxylation sites is 1. The number of anilines is 1. The molecule has 3 rings (SSSR count). The van der Waals surface area contributed by atoms with E-state index < -0.39 is 10.0 Å². The van der Waals surface area contributed by atoms with E-state index in [0.717, 1.165) is 4.88 Å². The number of carbonyl (C=O) groups is 1. The molecule has 0 fully saturated rings. The molecule has 152 valence electrons. The molecule has 2 aromatic carbocycles. The molecule has 0 atom stereocenters. The lowest BCUT2D eigenvalue weighted by molar-refractivity contribution is 0.0786. The van der Waals surface area contributed by atoms with Crippen LogP contribution in [0.3, 0.4) is 0 Å². The number of benzene rings is 2. The number of sulfonamides is 1. The van der Waals surface area contributed by atoms with E-state index in [1.165, 1.54) is 27.8 Å². The van der Waals surface area contributed by atoms with Crippen LogP contribution in [0.1, 0.15) is 22.2 Å². The Bertz CT molecular complexity index is 1100. The minimum absolute atomic E-state index is 0.0848. The van der Waals surface area contributed by atoms with Gasteiger partial charge in [-0.1, -0.05) is 35.9 Å². The highest BCUT2D eigenvalue weighted by molar-refractivity contribution is 7.92. The number of halogens is 1. The lowest BCUT2D eigenvalue weighted by Crippen LogP contribution is -2.31. The Morgan fingerprint density at radius 3 is 2.38 bits per heavy atom. The van der Waals surface area contributed by atoms with Gasteiger partial charge in [0.2, 0.25) is 0 Å². The van der Waals surface area contributed by atoms with Gasteiger partial charge in [-0.15, -0.1) is 11.3 Å². The summed E-state index contributed by atoms with van der Waals surface area (Å²) in [6.45, 7) is 2.46. The minimum atomic E-state index is -3.79. The van der Waals surface area contributed by atoms with Crippen LogP contribution in [-0.2, 0) is 16.6 Å². The van der Waals surface area contributed by atoms with Crippen molar-refractivity contribution in [2.75, 3.05) is 17.9 Å². The molecule has 0 aliphatic heterocycles. The standard InChI is InChI=1S/C21H21ClN2O3S2/c1-3-24(17-9-5-4-6-10-17)29(26,27)19-11-7-8-16(14-19)21(25)23(2)15-18-12-13-20(22)28-18/h4-14H,3,15H2,1-2H3. The molecule has 0 aliphatic rings. The van der Waals surface area contributed by atoms with E-state index in [1.807, 2.05) is 12.1 Å². The van der Waals surface area contributed by atoms with Crippen molar-refractivity contribution in [3.63, 3.8) is 0 Å². The van der Waals surface area contributed by atoms with Gasteiger partial charge >= 0.3 is 0 Å². The quantitative estimate of drug-likeness (QED) is 0.517. The molecule has 29 heavy (non-hydrogen) atoms. The Morgan fingerprint density at radius 2 is 1.76 bits per heavy atom. The summed E-state index contributed by atoms with van der Waals surface area (Å²) in [5, 5.41) is 0. The second-order valence-electron chi connectivity index (χ2n) is 6.40. The van der Waals surface area contributed by atoms with Crippen LogP contribution in [0.4, 0.5) is 5.69 Å². The molecular formula is C21H21ClN2O3S2. The molecule has 0 radical (unpaired) electrons. The zero-order chi connectivity index (χ0) is 21.0. The Balaban J connectivity index is 1.87. The van der Waals surface area contributed by atoms with Crippen LogP contribution >= 0.6 is 22.9 Å². The molecule has 1 aromatic heterocycles. The van der Waals surface area contributed by atoms with E-state index >= 15 is 0 Å². The molecule has 1 amide bonds. The summed E-state index contributed by atoms with van der Waals surface area (Å²) in [6.07, 6.45) is 0. The fourth-order valence-electron chi connectivity index (χ4n) is 2.97. The van der Waals surface area contributed by atoms with Gasteiger partial charge in [0.05, 0.1) is 21.5 Å². The third-order valence-electron chi connectivity index (χ3n) is 4.37. The third kappa shape index (κ3) is 4.80. The molecule has 0 bridgehead atoms. The summed E-state index contributed by atoms with van der Waals surface area (Å²) < 4.78 is 28.4. The number of thiophene rings is 1. The van der Waals surface area contributed by atoms with Crippen LogP contribution in [-0.4, -0.2) is 32.8 Å². The number of hydrogen-bond donors (Lipinski definition) is 0. The van der Waals surface area contributed by atoms with Crippen LogP contribution in [0.15, 0.2) is 71.6 Å². The first-order valence-corrected chi connectivity index (χ1v) is 11.6. The minimum Gasteiger partial charge on any atom is -0.337 e. The lowest BCUT2D eigenvalue weighted by atomic mass is 10.2. The highest BCUT2D eigenvalue weighted by atomic mass is 35.5. The van der Waals surface area contributed by atoms with E-state index in [-0.39, 0.29) is 17.3 Å². The van der Waals surface area contributed by atoms with E-state index in [1.54, 1.807) is 61.3 Å². The number of amides is 1. The first kappa shape index (κ1) is 21.4. The Morgan fingerprint density at radius 1 is 1.03 bits per heavy atom. The average molecular weight is 449 g/mol. The smallest absolute Gasteiger partial charge is 0.264 e. The van der Waals surface area contributed by atoms with Crippen LogP contribution in [0.2, 0.25) is 4.34 Å². The van der Waals surface area contributed by atoms with Gasteiger partial charge < -0.3 is 4.90 Å². The molecule has 0 N–H and O–H groups in total. The molecular weight excluding hydrogens is 428 g/mol. The normalized spacial score (nSPS) is 11.3. The second kappa shape index (κ2) is 8.98. The Kier molecular flexibility index (Phi) is 6.62. The zero-order valence-corrected chi connectivity index (χ0v) is 18.5. The molecule has 0 aliphatic carbocycles. The Hall–Kier alpha value is -2.35. The summed E-state index contributed by atoms with van der Waals surface area (Å²) in [7, 11) is -2.11. The molecule has 1 heterocycles. The summed E-state index contributed by atoms with van der Waals surface area (Å²) >= 11 is 7.36. The second-order valence-corrected chi connectivity index (χ2v) is 10.1. The van der Waals surface area contributed by atoms with Crippen molar-refractivity contribution >= 4 is 44.6 Å². The van der Waals surface area contributed by atoms with E-state index in [4.69, 9.17) is 11.6 Å². The molecule has 8 heteroatoms.